The highest BCUT2D eigenvalue weighted by atomic mass is 16.1. The number of hydrogen-bond acceptors (Lipinski definition) is 3. The lowest BCUT2D eigenvalue weighted by Gasteiger charge is -2.37. The zero-order valence-corrected chi connectivity index (χ0v) is 13.8. The summed E-state index contributed by atoms with van der Waals surface area (Å²) in [6.07, 6.45) is 0. The molecule has 0 fully saturated rings. The maximum atomic E-state index is 11.8. The van der Waals surface area contributed by atoms with E-state index in [1.807, 2.05) is 20.8 Å². The molecule has 0 aromatic heterocycles. The third kappa shape index (κ3) is 7.53. The van der Waals surface area contributed by atoms with Gasteiger partial charge in [-0.25, -0.2) is 0 Å². The number of amides is 1. The van der Waals surface area contributed by atoms with Gasteiger partial charge in [0.05, 0.1) is 0 Å². The van der Waals surface area contributed by atoms with E-state index in [-0.39, 0.29) is 11.9 Å². The second-order valence-electron chi connectivity index (χ2n) is 6.98. The number of carbonyl (C=O) groups is 1. The molecule has 0 heterocycles. The number of primary amides is 1. The Hall–Kier alpha value is -0.610. The fraction of sp³-hybridized carbons (Fsp3) is 0.933. The number of rotatable bonds is 9. The Balaban J connectivity index is 4.86. The third-order valence-electron chi connectivity index (χ3n) is 2.94. The minimum absolute atomic E-state index is 0.234. The van der Waals surface area contributed by atoms with E-state index in [4.69, 9.17) is 5.73 Å². The molecule has 4 heteroatoms. The van der Waals surface area contributed by atoms with E-state index >= 15 is 0 Å². The molecule has 0 aliphatic rings. The fourth-order valence-electron chi connectivity index (χ4n) is 2.52. The van der Waals surface area contributed by atoms with Crippen LogP contribution in [0.5, 0.6) is 0 Å². The van der Waals surface area contributed by atoms with Crippen molar-refractivity contribution in [1.82, 2.24) is 10.2 Å². The van der Waals surface area contributed by atoms with E-state index in [0.29, 0.717) is 18.4 Å². The molecule has 114 valence electrons. The summed E-state index contributed by atoms with van der Waals surface area (Å²) in [7, 11) is 0. The van der Waals surface area contributed by atoms with Crippen molar-refractivity contribution in [2.24, 2.45) is 17.6 Å². The molecule has 3 N–H and O–H groups in total. The van der Waals surface area contributed by atoms with Gasteiger partial charge in [-0.05, 0) is 32.6 Å². The van der Waals surface area contributed by atoms with Gasteiger partial charge in [0, 0.05) is 25.7 Å². The summed E-state index contributed by atoms with van der Waals surface area (Å²) in [5.74, 6) is 0.878. The first-order chi connectivity index (χ1) is 8.56. The van der Waals surface area contributed by atoms with Crippen molar-refractivity contribution in [2.45, 2.75) is 60.0 Å². The molecule has 0 aromatic carbocycles. The molecule has 19 heavy (non-hydrogen) atoms. The lowest BCUT2D eigenvalue weighted by molar-refractivity contribution is -0.125. The number of nitrogens with zero attached hydrogens (tertiary/aromatic N) is 1. The molecular weight excluding hydrogens is 238 g/mol. The molecule has 1 amide bonds. The number of nitrogens with two attached hydrogens (primary N) is 1. The van der Waals surface area contributed by atoms with Gasteiger partial charge in [0.25, 0.3) is 0 Å². The minimum atomic E-state index is -0.669. The monoisotopic (exact) mass is 271 g/mol. The summed E-state index contributed by atoms with van der Waals surface area (Å²) in [5, 5.41) is 3.32. The SMILES string of the molecule is CC(C)CN(CC(C)C)CC(C)(NC(C)C)C(N)=O. The van der Waals surface area contributed by atoms with Gasteiger partial charge >= 0.3 is 0 Å². The highest BCUT2D eigenvalue weighted by Crippen LogP contribution is 2.12. The second kappa shape index (κ2) is 7.85. The normalized spacial score (nSPS) is 15.5. The van der Waals surface area contributed by atoms with Crippen LogP contribution in [0.25, 0.3) is 0 Å². The fourth-order valence-corrected chi connectivity index (χ4v) is 2.52. The van der Waals surface area contributed by atoms with Crippen LogP contribution < -0.4 is 11.1 Å². The second-order valence-corrected chi connectivity index (χ2v) is 6.98. The van der Waals surface area contributed by atoms with Gasteiger partial charge in [-0.15, -0.1) is 0 Å². The van der Waals surface area contributed by atoms with Crippen LogP contribution in [0.1, 0.15) is 48.5 Å². The van der Waals surface area contributed by atoms with E-state index in [1.54, 1.807) is 0 Å². The average Bonchev–Trinajstić information content (AvgIpc) is 2.12. The van der Waals surface area contributed by atoms with Crippen molar-refractivity contribution < 1.29 is 4.79 Å². The molecule has 1 unspecified atom stereocenters. The first-order valence-corrected chi connectivity index (χ1v) is 7.36. The zero-order valence-electron chi connectivity index (χ0n) is 13.8. The van der Waals surface area contributed by atoms with Gasteiger partial charge in [0.1, 0.15) is 5.54 Å². The van der Waals surface area contributed by atoms with Crippen molar-refractivity contribution in [2.75, 3.05) is 19.6 Å². The van der Waals surface area contributed by atoms with Crippen LogP contribution >= 0.6 is 0 Å². The highest BCUT2D eigenvalue weighted by molar-refractivity contribution is 5.84. The Labute approximate surface area is 119 Å². The molecule has 0 aliphatic carbocycles. The van der Waals surface area contributed by atoms with E-state index < -0.39 is 5.54 Å². The van der Waals surface area contributed by atoms with Crippen LogP contribution in [0.4, 0.5) is 0 Å². The summed E-state index contributed by atoms with van der Waals surface area (Å²) in [5.41, 5.74) is 4.93. The summed E-state index contributed by atoms with van der Waals surface area (Å²) in [6, 6.07) is 0.234. The lowest BCUT2D eigenvalue weighted by atomic mass is 9.98. The first-order valence-electron chi connectivity index (χ1n) is 7.36. The van der Waals surface area contributed by atoms with Crippen molar-refractivity contribution in [1.29, 1.82) is 0 Å². The molecule has 0 aromatic rings. The van der Waals surface area contributed by atoms with Crippen LogP contribution in [0.2, 0.25) is 0 Å². The molecule has 0 spiro atoms. The molecule has 0 rings (SSSR count). The van der Waals surface area contributed by atoms with Crippen molar-refractivity contribution in [3.8, 4) is 0 Å². The molecule has 1 atom stereocenters. The summed E-state index contributed by atoms with van der Waals surface area (Å²) in [6.45, 7) is 17.4. The molecule has 0 saturated carbocycles. The smallest absolute Gasteiger partial charge is 0.238 e. The van der Waals surface area contributed by atoms with Gasteiger partial charge in [-0.1, -0.05) is 27.7 Å². The Morgan fingerprint density at radius 1 is 1.11 bits per heavy atom. The number of hydrogen-bond donors (Lipinski definition) is 2. The van der Waals surface area contributed by atoms with Crippen LogP contribution in [-0.2, 0) is 4.79 Å². The highest BCUT2D eigenvalue weighted by Gasteiger charge is 2.33. The van der Waals surface area contributed by atoms with E-state index in [2.05, 4.69) is 37.9 Å². The molecule has 0 bridgehead atoms. The van der Waals surface area contributed by atoms with Crippen LogP contribution in [0, 0.1) is 11.8 Å². The molecule has 0 saturated heterocycles. The van der Waals surface area contributed by atoms with Gasteiger partial charge in [0.2, 0.25) is 5.91 Å². The molecule has 0 radical (unpaired) electrons. The van der Waals surface area contributed by atoms with Gasteiger partial charge in [-0.3, -0.25) is 4.79 Å². The lowest BCUT2D eigenvalue weighted by Crippen LogP contribution is -2.61. The molecule has 0 aliphatic heterocycles. The van der Waals surface area contributed by atoms with Gasteiger partial charge in [0.15, 0.2) is 0 Å². The Bertz CT molecular complexity index is 267. The minimum Gasteiger partial charge on any atom is -0.368 e. The standard InChI is InChI=1S/C15H33N3O/c1-11(2)8-18(9-12(3)4)10-15(7,14(16)19)17-13(5)6/h11-13,17H,8-10H2,1-7H3,(H2,16,19). The Morgan fingerprint density at radius 2 is 1.53 bits per heavy atom. The maximum Gasteiger partial charge on any atom is 0.238 e. The zero-order chi connectivity index (χ0) is 15.2. The van der Waals surface area contributed by atoms with Gasteiger partial charge in [-0.2, -0.15) is 0 Å². The maximum absolute atomic E-state index is 11.8. The van der Waals surface area contributed by atoms with E-state index in [1.165, 1.54) is 0 Å². The number of carbonyl (C=O) groups excluding carboxylic acids is 1. The summed E-state index contributed by atoms with van der Waals surface area (Å²) >= 11 is 0. The first kappa shape index (κ1) is 18.4. The third-order valence-corrected chi connectivity index (χ3v) is 2.94. The summed E-state index contributed by atoms with van der Waals surface area (Å²) in [4.78, 5) is 14.1. The Kier molecular flexibility index (Phi) is 7.60. The van der Waals surface area contributed by atoms with Crippen LogP contribution in [0.15, 0.2) is 0 Å². The molecular formula is C15H33N3O. The predicted octanol–water partition coefficient (Wildman–Crippen LogP) is 1.84. The molecule has 4 nitrogen and oxygen atoms in total. The van der Waals surface area contributed by atoms with Crippen LogP contribution in [0.3, 0.4) is 0 Å². The van der Waals surface area contributed by atoms with E-state index in [9.17, 15) is 4.79 Å². The Morgan fingerprint density at radius 3 is 1.79 bits per heavy atom. The summed E-state index contributed by atoms with van der Waals surface area (Å²) < 4.78 is 0. The van der Waals surface area contributed by atoms with E-state index in [0.717, 1.165) is 13.1 Å². The average molecular weight is 271 g/mol. The quantitative estimate of drug-likeness (QED) is 0.673. The largest absolute Gasteiger partial charge is 0.368 e. The predicted molar refractivity (Wildman–Crippen MR) is 82.0 cm³/mol. The van der Waals surface area contributed by atoms with Gasteiger partial charge < -0.3 is 16.0 Å². The topological polar surface area (TPSA) is 58.4 Å². The number of nitrogens with one attached hydrogen (secondary N) is 1. The van der Waals surface area contributed by atoms with Crippen molar-refractivity contribution in [3.63, 3.8) is 0 Å². The van der Waals surface area contributed by atoms with Crippen molar-refractivity contribution in [3.05, 3.63) is 0 Å². The van der Waals surface area contributed by atoms with Crippen molar-refractivity contribution >= 4 is 5.91 Å². The van der Waals surface area contributed by atoms with Crippen LogP contribution in [-0.4, -0.2) is 42.0 Å².